The second-order valence-electron chi connectivity index (χ2n) is 4.87. The van der Waals surface area contributed by atoms with E-state index in [1.807, 2.05) is 0 Å². The van der Waals surface area contributed by atoms with Gasteiger partial charge < -0.3 is 0 Å². The lowest BCUT2D eigenvalue weighted by Gasteiger charge is -2.49. The third kappa shape index (κ3) is 0.627. The van der Waals surface area contributed by atoms with Crippen LogP contribution < -0.4 is 0 Å². The summed E-state index contributed by atoms with van der Waals surface area (Å²) in [7, 11) is 0. The highest BCUT2D eigenvalue weighted by Crippen LogP contribution is 2.63. The highest BCUT2D eigenvalue weighted by molar-refractivity contribution is 5.02. The van der Waals surface area contributed by atoms with E-state index in [1.165, 1.54) is 38.5 Å². The Hall–Kier alpha value is 0. The predicted molar refractivity (Wildman–Crippen MR) is 43.9 cm³/mol. The standard InChI is InChI=1S/C10H18/c1-9(2)5-3-6-10(9)7-4-8-10/h3-8H2,1-2H3. The number of hydrogen-bond donors (Lipinski definition) is 0. The van der Waals surface area contributed by atoms with E-state index < -0.39 is 0 Å². The van der Waals surface area contributed by atoms with Gasteiger partial charge in [0, 0.05) is 0 Å². The van der Waals surface area contributed by atoms with Crippen molar-refractivity contribution >= 4 is 0 Å². The average molecular weight is 138 g/mol. The molecule has 0 heteroatoms. The molecule has 2 saturated carbocycles. The van der Waals surface area contributed by atoms with Crippen LogP contribution in [0.5, 0.6) is 0 Å². The summed E-state index contributed by atoms with van der Waals surface area (Å²) in [5, 5.41) is 0. The van der Waals surface area contributed by atoms with Gasteiger partial charge in [0.25, 0.3) is 0 Å². The third-order valence-electron chi connectivity index (χ3n) is 4.20. The molecule has 0 aromatic rings. The van der Waals surface area contributed by atoms with Gasteiger partial charge in [-0.05, 0) is 36.5 Å². The largest absolute Gasteiger partial charge is 0.0594 e. The lowest BCUT2D eigenvalue weighted by molar-refractivity contribution is 0.0166. The van der Waals surface area contributed by atoms with Crippen molar-refractivity contribution in [2.75, 3.05) is 0 Å². The molecule has 0 saturated heterocycles. The quantitative estimate of drug-likeness (QED) is 0.481. The van der Waals surface area contributed by atoms with E-state index in [4.69, 9.17) is 0 Å². The maximum Gasteiger partial charge on any atom is -0.0246 e. The minimum atomic E-state index is 0.686. The Morgan fingerprint density at radius 3 is 1.50 bits per heavy atom. The Balaban J connectivity index is 2.20. The highest BCUT2D eigenvalue weighted by atomic mass is 14.6. The van der Waals surface area contributed by atoms with Gasteiger partial charge in [-0.1, -0.05) is 26.7 Å². The zero-order chi connectivity index (χ0) is 7.24. The molecule has 0 aromatic carbocycles. The maximum atomic E-state index is 2.47. The summed E-state index contributed by atoms with van der Waals surface area (Å²) in [6.45, 7) is 4.94. The van der Waals surface area contributed by atoms with E-state index in [-0.39, 0.29) is 0 Å². The third-order valence-corrected chi connectivity index (χ3v) is 4.20. The molecule has 2 rings (SSSR count). The van der Waals surface area contributed by atoms with E-state index in [2.05, 4.69) is 13.8 Å². The van der Waals surface area contributed by atoms with Gasteiger partial charge >= 0.3 is 0 Å². The molecule has 10 heavy (non-hydrogen) atoms. The Labute approximate surface area is 64.0 Å². The van der Waals surface area contributed by atoms with Crippen LogP contribution in [0.3, 0.4) is 0 Å². The SMILES string of the molecule is CC1(C)CCCC12CCC2. The topological polar surface area (TPSA) is 0 Å². The zero-order valence-electron chi connectivity index (χ0n) is 7.24. The molecule has 0 atom stereocenters. The molecule has 58 valence electrons. The summed E-state index contributed by atoms with van der Waals surface area (Å²) >= 11 is 0. The summed E-state index contributed by atoms with van der Waals surface area (Å²) in [6, 6.07) is 0. The molecule has 0 unspecified atom stereocenters. The van der Waals surface area contributed by atoms with Crippen molar-refractivity contribution in [1.29, 1.82) is 0 Å². The normalized spacial score (nSPS) is 34.2. The van der Waals surface area contributed by atoms with Crippen molar-refractivity contribution < 1.29 is 0 Å². The second-order valence-corrected chi connectivity index (χ2v) is 4.87. The summed E-state index contributed by atoms with van der Waals surface area (Å²) in [5.74, 6) is 0. The fourth-order valence-corrected chi connectivity index (χ4v) is 3.00. The average Bonchev–Trinajstić information content (AvgIpc) is 2.02. The number of rotatable bonds is 0. The van der Waals surface area contributed by atoms with Crippen LogP contribution in [0.4, 0.5) is 0 Å². The first-order valence-corrected chi connectivity index (χ1v) is 4.66. The van der Waals surface area contributed by atoms with Crippen molar-refractivity contribution in [3.63, 3.8) is 0 Å². The van der Waals surface area contributed by atoms with Crippen LogP contribution in [-0.4, -0.2) is 0 Å². The molecule has 0 aromatic heterocycles. The smallest absolute Gasteiger partial charge is 0.0246 e. The minimum Gasteiger partial charge on any atom is -0.0594 e. The molecular formula is C10H18. The van der Waals surface area contributed by atoms with Crippen LogP contribution >= 0.6 is 0 Å². The summed E-state index contributed by atoms with van der Waals surface area (Å²) in [4.78, 5) is 0. The fourth-order valence-electron chi connectivity index (χ4n) is 3.00. The van der Waals surface area contributed by atoms with E-state index in [0.717, 1.165) is 5.41 Å². The molecule has 2 aliphatic rings. The van der Waals surface area contributed by atoms with Crippen LogP contribution in [0.15, 0.2) is 0 Å². The van der Waals surface area contributed by atoms with Crippen molar-refractivity contribution in [3.05, 3.63) is 0 Å². The summed E-state index contributed by atoms with van der Waals surface area (Å²) in [6.07, 6.45) is 9.06. The first-order valence-electron chi connectivity index (χ1n) is 4.66. The molecule has 0 aliphatic heterocycles. The van der Waals surface area contributed by atoms with Crippen LogP contribution in [0.2, 0.25) is 0 Å². The van der Waals surface area contributed by atoms with Crippen LogP contribution in [0.25, 0.3) is 0 Å². The van der Waals surface area contributed by atoms with Crippen molar-refractivity contribution in [3.8, 4) is 0 Å². The van der Waals surface area contributed by atoms with E-state index >= 15 is 0 Å². The van der Waals surface area contributed by atoms with Crippen molar-refractivity contribution in [2.24, 2.45) is 10.8 Å². The van der Waals surface area contributed by atoms with Gasteiger partial charge in [0.2, 0.25) is 0 Å². The molecular weight excluding hydrogens is 120 g/mol. The van der Waals surface area contributed by atoms with Crippen LogP contribution in [-0.2, 0) is 0 Å². The van der Waals surface area contributed by atoms with E-state index in [0.29, 0.717) is 5.41 Å². The van der Waals surface area contributed by atoms with Gasteiger partial charge in [0.05, 0.1) is 0 Å². The lowest BCUT2D eigenvalue weighted by Crippen LogP contribution is -2.38. The van der Waals surface area contributed by atoms with Gasteiger partial charge in [-0.25, -0.2) is 0 Å². The molecule has 1 spiro atoms. The maximum absolute atomic E-state index is 2.47. The second kappa shape index (κ2) is 1.78. The Bertz CT molecular complexity index is 140. The lowest BCUT2D eigenvalue weighted by atomic mass is 9.56. The van der Waals surface area contributed by atoms with Gasteiger partial charge in [-0.2, -0.15) is 0 Å². The first-order chi connectivity index (χ1) is 4.66. The van der Waals surface area contributed by atoms with E-state index in [1.54, 1.807) is 0 Å². The minimum absolute atomic E-state index is 0.686. The van der Waals surface area contributed by atoms with Crippen molar-refractivity contribution in [1.82, 2.24) is 0 Å². The summed E-state index contributed by atoms with van der Waals surface area (Å²) < 4.78 is 0. The molecule has 0 amide bonds. The fraction of sp³-hybridized carbons (Fsp3) is 1.00. The first kappa shape index (κ1) is 6.69. The predicted octanol–water partition coefficient (Wildman–Crippen LogP) is 3.37. The van der Waals surface area contributed by atoms with Gasteiger partial charge in [-0.15, -0.1) is 0 Å². The Kier molecular flexibility index (Phi) is 1.19. The monoisotopic (exact) mass is 138 g/mol. The number of hydrogen-bond acceptors (Lipinski definition) is 0. The zero-order valence-corrected chi connectivity index (χ0v) is 7.24. The molecule has 0 nitrogen and oxygen atoms in total. The van der Waals surface area contributed by atoms with Crippen LogP contribution in [0, 0.1) is 10.8 Å². The molecule has 0 heterocycles. The van der Waals surface area contributed by atoms with Gasteiger partial charge in [0.15, 0.2) is 0 Å². The van der Waals surface area contributed by atoms with Crippen molar-refractivity contribution in [2.45, 2.75) is 52.4 Å². The molecule has 0 radical (unpaired) electrons. The molecule has 2 aliphatic carbocycles. The van der Waals surface area contributed by atoms with Crippen LogP contribution in [0.1, 0.15) is 52.4 Å². The Morgan fingerprint density at radius 1 is 0.800 bits per heavy atom. The highest BCUT2D eigenvalue weighted by Gasteiger charge is 2.51. The van der Waals surface area contributed by atoms with E-state index in [9.17, 15) is 0 Å². The van der Waals surface area contributed by atoms with Gasteiger partial charge in [-0.3, -0.25) is 0 Å². The van der Waals surface area contributed by atoms with Gasteiger partial charge in [0.1, 0.15) is 0 Å². The Morgan fingerprint density at radius 2 is 1.30 bits per heavy atom. The molecule has 2 fully saturated rings. The molecule has 0 N–H and O–H groups in total. The molecule has 0 bridgehead atoms. The summed E-state index contributed by atoms with van der Waals surface area (Å²) in [5.41, 5.74) is 1.50.